The molecule has 116 valence electrons. The molecule has 1 aliphatic rings. The number of sulfonamides is 1. The third kappa shape index (κ3) is 3.25. The summed E-state index contributed by atoms with van der Waals surface area (Å²) in [6.45, 7) is 3.31. The molecule has 2 N–H and O–H groups in total. The smallest absolute Gasteiger partial charge is 0.335 e. The first-order chi connectivity index (χ1) is 9.74. The van der Waals surface area contributed by atoms with Crippen LogP contribution in [-0.4, -0.2) is 38.7 Å². The van der Waals surface area contributed by atoms with Crippen LogP contribution >= 0.6 is 0 Å². The van der Waals surface area contributed by atoms with Crippen molar-refractivity contribution in [3.05, 3.63) is 28.8 Å². The lowest BCUT2D eigenvalue weighted by atomic mass is 9.90. The van der Waals surface area contributed by atoms with E-state index in [1.807, 2.05) is 0 Å². The number of carboxylic acids is 1. The van der Waals surface area contributed by atoms with Gasteiger partial charge in [0.15, 0.2) is 0 Å². The van der Waals surface area contributed by atoms with Gasteiger partial charge in [0.1, 0.15) is 0 Å². The van der Waals surface area contributed by atoms with Crippen LogP contribution in [0.1, 0.15) is 34.3 Å². The molecule has 0 unspecified atom stereocenters. The van der Waals surface area contributed by atoms with Crippen LogP contribution in [0.15, 0.2) is 17.0 Å². The van der Waals surface area contributed by atoms with E-state index in [4.69, 9.17) is 9.84 Å². The minimum atomic E-state index is -3.72. The van der Waals surface area contributed by atoms with E-state index < -0.39 is 16.0 Å². The first-order valence-corrected chi connectivity index (χ1v) is 8.12. The lowest BCUT2D eigenvalue weighted by molar-refractivity contribution is 0.0236. The Morgan fingerprint density at radius 1 is 1.29 bits per heavy atom. The predicted octanol–water partition coefficient (Wildman–Crippen LogP) is 1.46. The molecule has 6 nitrogen and oxygen atoms in total. The number of ether oxygens (including phenoxy) is 1. The Hall–Kier alpha value is -1.44. The second kappa shape index (κ2) is 5.75. The van der Waals surface area contributed by atoms with Gasteiger partial charge in [0, 0.05) is 13.2 Å². The van der Waals surface area contributed by atoms with Crippen LogP contribution in [0.5, 0.6) is 0 Å². The third-order valence-corrected chi connectivity index (χ3v) is 5.45. The summed E-state index contributed by atoms with van der Waals surface area (Å²) >= 11 is 0. The normalized spacial score (nSPS) is 21.9. The molecule has 0 heterocycles. The molecular formula is C14H19NO5S. The Kier molecular flexibility index (Phi) is 4.36. The molecule has 0 amide bonds. The average Bonchev–Trinajstić information content (AvgIpc) is 2.32. The van der Waals surface area contributed by atoms with Gasteiger partial charge in [-0.2, -0.15) is 0 Å². The minimum Gasteiger partial charge on any atom is -0.478 e. The monoisotopic (exact) mass is 313 g/mol. The van der Waals surface area contributed by atoms with Gasteiger partial charge in [0.25, 0.3) is 0 Å². The molecule has 1 aromatic carbocycles. The van der Waals surface area contributed by atoms with E-state index >= 15 is 0 Å². The molecule has 0 radical (unpaired) electrons. The largest absolute Gasteiger partial charge is 0.478 e. The minimum absolute atomic E-state index is 0.00403. The number of carbonyl (C=O) groups is 1. The molecule has 0 saturated heterocycles. The second-order valence-corrected chi connectivity index (χ2v) is 7.07. The van der Waals surface area contributed by atoms with Gasteiger partial charge in [-0.15, -0.1) is 0 Å². The van der Waals surface area contributed by atoms with Crippen molar-refractivity contribution in [1.82, 2.24) is 4.72 Å². The number of hydrogen-bond donors (Lipinski definition) is 2. The maximum absolute atomic E-state index is 12.4. The van der Waals surface area contributed by atoms with Crippen molar-refractivity contribution in [2.24, 2.45) is 0 Å². The quantitative estimate of drug-likeness (QED) is 0.858. The van der Waals surface area contributed by atoms with E-state index in [1.54, 1.807) is 27.0 Å². The second-order valence-electron chi connectivity index (χ2n) is 5.39. The summed E-state index contributed by atoms with van der Waals surface area (Å²) in [6, 6.07) is 2.65. The van der Waals surface area contributed by atoms with E-state index in [1.165, 1.54) is 6.07 Å². The van der Waals surface area contributed by atoms with Crippen molar-refractivity contribution in [3.8, 4) is 0 Å². The SMILES string of the molecule is COC1CC(NS(=O)(=O)c2cc(C(=O)O)c(C)cc2C)C1. The fourth-order valence-electron chi connectivity index (χ4n) is 2.49. The Labute approximate surface area is 124 Å². The average molecular weight is 313 g/mol. The fourth-order valence-corrected chi connectivity index (χ4v) is 4.00. The van der Waals surface area contributed by atoms with Crippen molar-refractivity contribution in [2.75, 3.05) is 7.11 Å². The van der Waals surface area contributed by atoms with E-state index in [-0.39, 0.29) is 22.6 Å². The highest BCUT2D eigenvalue weighted by Crippen LogP contribution is 2.26. The van der Waals surface area contributed by atoms with Crippen LogP contribution in [0.4, 0.5) is 0 Å². The number of nitrogens with one attached hydrogen (secondary N) is 1. The maximum atomic E-state index is 12.4. The Balaban J connectivity index is 2.28. The molecule has 21 heavy (non-hydrogen) atoms. The first-order valence-electron chi connectivity index (χ1n) is 6.64. The standard InChI is InChI=1S/C14H19NO5S/c1-8-4-9(2)13(7-12(8)14(16)17)21(18,19)15-10-5-11(6-10)20-3/h4,7,10-11,15H,5-6H2,1-3H3,(H,16,17). The van der Waals surface area contributed by atoms with Crippen molar-refractivity contribution < 1.29 is 23.1 Å². The lowest BCUT2D eigenvalue weighted by Gasteiger charge is -2.34. The van der Waals surface area contributed by atoms with Crippen LogP contribution in [0.2, 0.25) is 0 Å². The van der Waals surface area contributed by atoms with Crippen LogP contribution < -0.4 is 4.72 Å². The molecule has 1 saturated carbocycles. The highest BCUT2D eigenvalue weighted by molar-refractivity contribution is 7.89. The zero-order valence-electron chi connectivity index (χ0n) is 12.2. The highest BCUT2D eigenvalue weighted by Gasteiger charge is 2.33. The van der Waals surface area contributed by atoms with Crippen LogP contribution in [0, 0.1) is 13.8 Å². The van der Waals surface area contributed by atoms with Gasteiger partial charge in [0.2, 0.25) is 10.0 Å². The predicted molar refractivity (Wildman–Crippen MR) is 77.0 cm³/mol. The molecular weight excluding hydrogens is 294 g/mol. The molecule has 0 bridgehead atoms. The third-order valence-electron chi connectivity index (χ3n) is 3.79. The fraction of sp³-hybridized carbons (Fsp3) is 0.500. The lowest BCUT2D eigenvalue weighted by Crippen LogP contribution is -2.47. The number of aryl methyl sites for hydroxylation is 2. The summed E-state index contributed by atoms with van der Waals surface area (Å²) in [5.74, 6) is -1.13. The molecule has 0 atom stereocenters. The van der Waals surface area contributed by atoms with Gasteiger partial charge >= 0.3 is 5.97 Å². The molecule has 0 spiro atoms. The zero-order valence-corrected chi connectivity index (χ0v) is 13.0. The number of methoxy groups -OCH3 is 1. The Morgan fingerprint density at radius 2 is 1.90 bits per heavy atom. The summed E-state index contributed by atoms with van der Waals surface area (Å²) in [5.41, 5.74) is 1.08. The van der Waals surface area contributed by atoms with Crippen LogP contribution in [0.3, 0.4) is 0 Å². The number of rotatable bonds is 5. The van der Waals surface area contributed by atoms with E-state index in [2.05, 4.69) is 4.72 Å². The van der Waals surface area contributed by atoms with Gasteiger partial charge in [0.05, 0.1) is 16.6 Å². The molecule has 0 aliphatic heterocycles. The molecule has 1 aromatic rings. The Bertz CT molecular complexity index is 662. The van der Waals surface area contributed by atoms with Crippen LogP contribution in [-0.2, 0) is 14.8 Å². The summed E-state index contributed by atoms with van der Waals surface area (Å²) in [5, 5.41) is 9.12. The Morgan fingerprint density at radius 3 is 2.43 bits per heavy atom. The maximum Gasteiger partial charge on any atom is 0.335 e. The highest BCUT2D eigenvalue weighted by atomic mass is 32.2. The molecule has 7 heteroatoms. The number of aromatic carboxylic acids is 1. The van der Waals surface area contributed by atoms with Gasteiger partial charge in [-0.25, -0.2) is 17.9 Å². The van der Waals surface area contributed by atoms with E-state index in [0.29, 0.717) is 24.0 Å². The number of benzene rings is 1. The van der Waals surface area contributed by atoms with Gasteiger partial charge in [-0.3, -0.25) is 0 Å². The van der Waals surface area contributed by atoms with Crippen molar-refractivity contribution >= 4 is 16.0 Å². The number of carboxylic acid groups (broad SMARTS) is 1. The first kappa shape index (κ1) is 15.9. The molecule has 2 rings (SSSR count). The van der Waals surface area contributed by atoms with E-state index in [9.17, 15) is 13.2 Å². The van der Waals surface area contributed by atoms with Gasteiger partial charge in [-0.1, -0.05) is 6.07 Å². The summed E-state index contributed by atoms with van der Waals surface area (Å²) < 4.78 is 32.5. The number of hydrogen-bond acceptors (Lipinski definition) is 4. The topological polar surface area (TPSA) is 92.7 Å². The van der Waals surface area contributed by atoms with Crippen molar-refractivity contribution in [1.29, 1.82) is 0 Å². The zero-order chi connectivity index (χ0) is 15.8. The van der Waals surface area contributed by atoms with E-state index in [0.717, 1.165) is 0 Å². The molecule has 1 fully saturated rings. The van der Waals surface area contributed by atoms with Crippen molar-refractivity contribution in [3.63, 3.8) is 0 Å². The summed E-state index contributed by atoms with van der Waals surface area (Å²) in [4.78, 5) is 11.2. The summed E-state index contributed by atoms with van der Waals surface area (Å²) in [6.07, 6.45) is 1.35. The molecule has 1 aliphatic carbocycles. The molecule has 0 aromatic heterocycles. The van der Waals surface area contributed by atoms with Crippen LogP contribution in [0.25, 0.3) is 0 Å². The van der Waals surface area contributed by atoms with Gasteiger partial charge in [-0.05, 0) is 43.9 Å². The van der Waals surface area contributed by atoms with Crippen molar-refractivity contribution in [2.45, 2.75) is 43.7 Å². The summed E-state index contributed by atoms with van der Waals surface area (Å²) in [7, 11) is -2.13. The van der Waals surface area contributed by atoms with Gasteiger partial charge < -0.3 is 9.84 Å².